The topological polar surface area (TPSA) is 122 Å². The third kappa shape index (κ3) is 2.31. The molecule has 8 nitrogen and oxygen atoms in total. The van der Waals surface area contributed by atoms with Crippen LogP contribution in [-0.2, 0) is 6.54 Å². The molecular weight excluding hydrogens is 292 g/mol. The van der Waals surface area contributed by atoms with Crippen molar-refractivity contribution in [2.24, 2.45) is 0 Å². The van der Waals surface area contributed by atoms with Crippen LogP contribution in [0, 0.1) is 0 Å². The molecule has 0 radical (unpaired) electrons. The van der Waals surface area contributed by atoms with Crippen LogP contribution >= 0.6 is 11.8 Å². The summed E-state index contributed by atoms with van der Waals surface area (Å²) in [6.45, 7) is 2.36. The van der Waals surface area contributed by atoms with E-state index >= 15 is 0 Å². The number of benzene rings is 1. The number of nitrogens with zero attached hydrogens (tertiary/aromatic N) is 3. The average molecular weight is 304 g/mol. The highest BCUT2D eigenvalue weighted by atomic mass is 32.2. The second-order valence-electron chi connectivity index (χ2n) is 4.30. The van der Waals surface area contributed by atoms with Gasteiger partial charge in [0.05, 0.1) is 17.2 Å². The normalized spacial score (nSPS) is 11.1. The predicted molar refractivity (Wildman–Crippen MR) is 79.4 cm³/mol. The van der Waals surface area contributed by atoms with Crippen molar-refractivity contribution in [2.45, 2.75) is 23.5 Å². The van der Waals surface area contributed by atoms with E-state index in [0.29, 0.717) is 33.2 Å². The first-order valence-corrected chi connectivity index (χ1v) is 7.01. The smallest absolute Gasteiger partial charge is 0.343 e. The number of hydrogen-bond donors (Lipinski definition) is 3. The van der Waals surface area contributed by atoms with Crippen LogP contribution in [0.5, 0.6) is 0 Å². The van der Waals surface area contributed by atoms with E-state index in [2.05, 4.69) is 20.2 Å². The lowest BCUT2D eigenvalue weighted by atomic mass is 10.2. The van der Waals surface area contributed by atoms with Crippen LogP contribution in [0.3, 0.4) is 0 Å². The Balaban J connectivity index is 2.10. The summed E-state index contributed by atoms with van der Waals surface area (Å²) in [6, 6.07) is 3.29. The van der Waals surface area contributed by atoms with E-state index in [-0.39, 0.29) is 11.2 Å². The second-order valence-corrected chi connectivity index (χ2v) is 5.31. The van der Waals surface area contributed by atoms with Crippen LogP contribution in [0.25, 0.3) is 10.9 Å². The summed E-state index contributed by atoms with van der Waals surface area (Å²) in [5, 5.41) is 7.30. The third-order valence-corrected chi connectivity index (χ3v) is 4.08. The van der Waals surface area contributed by atoms with E-state index in [1.165, 1.54) is 22.7 Å². The zero-order valence-corrected chi connectivity index (χ0v) is 11.9. The van der Waals surface area contributed by atoms with Crippen molar-refractivity contribution < 1.29 is 0 Å². The number of hydrogen-bond acceptors (Lipinski definition) is 6. The Morgan fingerprint density at radius 1 is 1.38 bits per heavy atom. The van der Waals surface area contributed by atoms with Crippen LogP contribution in [0.4, 0.5) is 5.69 Å². The first-order chi connectivity index (χ1) is 10.1. The number of fused-ring (bicyclic) bond motifs is 1. The van der Waals surface area contributed by atoms with Gasteiger partial charge in [-0.05, 0) is 30.8 Å². The number of anilines is 1. The highest BCUT2D eigenvalue weighted by molar-refractivity contribution is 7.99. The van der Waals surface area contributed by atoms with Gasteiger partial charge in [0.1, 0.15) is 0 Å². The lowest BCUT2D eigenvalue weighted by molar-refractivity contribution is 0.660. The SMILES string of the molecule is CCn1c(Sc2cc3nc[nH]c(=O)c3cc2N)n[nH]c1=O. The predicted octanol–water partition coefficient (Wildman–Crippen LogP) is 0.561. The number of aromatic amines is 2. The summed E-state index contributed by atoms with van der Waals surface area (Å²) in [7, 11) is 0. The molecule has 2 heterocycles. The quantitative estimate of drug-likeness (QED) is 0.608. The Bertz CT molecular complexity index is 925. The number of nitrogens with one attached hydrogen (secondary N) is 2. The van der Waals surface area contributed by atoms with E-state index in [4.69, 9.17) is 5.73 Å². The van der Waals surface area contributed by atoms with Gasteiger partial charge in [-0.3, -0.25) is 9.36 Å². The van der Waals surface area contributed by atoms with Crippen LogP contribution < -0.4 is 17.0 Å². The van der Waals surface area contributed by atoms with E-state index in [1.54, 1.807) is 12.1 Å². The molecule has 4 N–H and O–H groups in total. The fourth-order valence-corrected chi connectivity index (χ4v) is 2.92. The second kappa shape index (κ2) is 5.09. The van der Waals surface area contributed by atoms with E-state index in [0.717, 1.165) is 0 Å². The molecular formula is C12H12N6O2S. The lowest BCUT2D eigenvalue weighted by Crippen LogP contribution is -2.16. The Morgan fingerprint density at radius 3 is 2.95 bits per heavy atom. The fraction of sp³-hybridized carbons (Fsp3) is 0.167. The monoisotopic (exact) mass is 304 g/mol. The molecule has 3 rings (SSSR count). The highest BCUT2D eigenvalue weighted by Gasteiger charge is 2.12. The fourth-order valence-electron chi connectivity index (χ4n) is 1.96. The van der Waals surface area contributed by atoms with Gasteiger partial charge in [-0.25, -0.2) is 14.9 Å². The van der Waals surface area contributed by atoms with Gasteiger partial charge in [0.2, 0.25) is 0 Å². The Kier molecular flexibility index (Phi) is 3.26. The van der Waals surface area contributed by atoms with Crippen molar-refractivity contribution in [2.75, 3.05) is 5.73 Å². The van der Waals surface area contributed by atoms with Crippen LogP contribution in [0.15, 0.2) is 38.1 Å². The summed E-state index contributed by atoms with van der Waals surface area (Å²) in [5.74, 6) is 0. The Hall–Kier alpha value is -2.55. The van der Waals surface area contributed by atoms with Crippen molar-refractivity contribution in [3.63, 3.8) is 0 Å². The first kappa shape index (κ1) is 13.4. The molecule has 0 unspecified atom stereocenters. The van der Waals surface area contributed by atoms with Gasteiger partial charge in [-0.15, -0.1) is 5.10 Å². The molecule has 0 fully saturated rings. The van der Waals surface area contributed by atoms with Crippen molar-refractivity contribution >= 4 is 28.4 Å². The van der Waals surface area contributed by atoms with Crippen molar-refractivity contribution in [3.8, 4) is 0 Å². The minimum atomic E-state index is -0.270. The first-order valence-electron chi connectivity index (χ1n) is 6.20. The van der Waals surface area contributed by atoms with Gasteiger partial charge >= 0.3 is 5.69 Å². The van der Waals surface area contributed by atoms with Gasteiger partial charge in [0, 0.05) is 17.1 Å². The van der Waals surface area contributed by atoms with Gasteiger partial charge in [0.25, 0.3) is 5.56 Å². The number of nitrogen functional groups attached to an aromatic ring is 1. The molecule has 0 bridgehead atoms. The maximum absolute atomic E-state index is 11.7. The van der Waals surface area contributed by atoms with Gasteiger partial charge in [-0.1, -0.05) is 0 Å². The van der Waals surface area contributed by atoms with Crippen molar-refractivity contribution in [3.05, 3.63) is 39.3 Å². The minimum absolute atomic E-state index is 0.242. The van der Waals surface area contributed by atoms with Gasteiger partial charge in [0.15, 0.2) is 5.16 Å². The average Bonchev–Trinajstić information content (AvgIpc) is 2.81. The van der Waals surface area contributed by atoms with Crippen LogP contribution in [0.1, 0.15) is 6.92 Å². The molecule has 0 aliphatic carbocycles. The molecule has 2 aromatic heterocycles. The molecule has 21 heavy (non-hydrogen) atoms. The summed E-state index contributed by atoms with van der Waals surface area (Å²) in [6.07, 6.45) is 1.34. The zero-order valence-electron chi connectivity index (χ0n) is 11.1. The van der Waals surface area contributed by atoms with Gasteiger partial charge in [-0.2, -0.15) is 0 Å². The van der Waals surface area contributed by atoms with Crippen LogP contribution in [0.2, 0.25) is 0 Å². The number of H-pyrrole nitrogens is 2. The van der Waals surface area contributed by atoms with Crippen molar-refractivity contribution in [1.29, 1.82) is 0 Å². The maximum atomic E-state index is 11.7. The number of aromatic nitrogens is 5. The minimum Gasteiger partial charge on any atom is -0.398 e. The molecule has 0 saturated carbocycles. The van der Waals surface area contributed by atoms with Crippen LogP contribution in [-0.4, -0.2) is 24.7 Å². The zero-order chi connectivity index (χ0) is 15.0. The molecule has 0 spiro atoms. The molecule has 0 amide bonds. The van der Waals surface area contributed by atoms with Gasteiger partial charge < -0.3 is 10.7 Å². The molecule has 0 aliphatic rings. The standard InChI is InChI=1S/C12H12N6O2S/c1-2-18-11(20)16-17-12(18)21-9-4-8-6(3-7(9)13)10(19)15-5-14-8/h3-5H,2,13H2,1H3,(H,16,20)(H,14,15,19). The summed E-state index contributed by atoms with van der Waals surface area (Å²) >= 11 is 1.25. The largest absolute Gasteiger partial charge is 0.398 e. The molecule has 9 heteroatoms. The lowest BCUT2D eigenvalue weighted by Gasteiger charge is -2.06. The van der Waals surface area contributed by atoms with E-state index in [1.807, 2.05) is 6.92 Å². The van der Waals surface area contributed by atoms with E-state index in [9.17, 15) is 9.59 Å². The molecule has 0 aliphatic heterocycles. The summed E-state index contributed by atoms with van der Waals surface area (Å²) < 4.78 is 1.50. The molecule has 3 aromatic rings. The maximum Gasteiger partial charge on any atom is 0.343 e. The Morgan fingerprint density at radius 2 is 2.19 bits per heavy atom. The molecule has 0 atom stereocenters. The molecule has 0 saturated heterocycles. The summed E-state index contributed by atoms with van der Waals surface area (Å²) in [4.78, 5) is 30.5. The Labute approximate surface area is 122 Å². The highest BCUT2D eigenvalue weighted by Crippen LogP contribution is 2.32. The third-order valence-electron chi connectivity index (χ3n) is 3.01. The number of rotatable bonds is 3. The summed E-state index contributed by atoms with van der Waals surface area (Å²) in [5.41, 5.74) is 6.44. The molecule has 108 valence electrons. The molecule has 1 aromatic carbocycles. The van der Waals surface area contributed by atoms with Crippen molar-refractivity contribution in [1.82, 2.24) is 24.7 Å². The van der Waals surface area contributed by atoms with E-state index < -0.39 is 0 Å². The number of nitrogens with two attached hydrogens (primary N) is 1.